The van der Waals surface area contributed by atoms with Crippen molar-refractivity contribution in [2.75, 3.05) is 46.5 Å². The van der Waals surface area contributed by atoms with Gasteiger partial charge < -0.3 is 9.80 Å². The Hall–Kier alpha value is 0.270. The average Bonchev–Trinajstić information content (AvgIpc) is 1.97. The van der Waals surface area contributed by atoms with E-state index in [4.69, 9.17) is 0 Å². The van der Waals surface area contributed by atoms with Gasteiger partial charge in [0.25, 0.3) is 0 Å². The van der Waals surface area contributed by atoms with Gasteiger partial charge in [-0.1, -0.05) is 0 Å². The van der Waals surface area contributed by atoms with E-state index in [1.807, 2.05) is 0 Å². The topological polar surface area (TPSA) is 6.48 Å². The zero-order valence-corrected chi connectivity index (χ0v) is 8.77. The van der Waals surface area contributed by atoms with Gasteiger partial charge in [0.05, 0.1) is 0 Å². The Morgan fingerprint density at radius 3 is 2.09 bits per heavy atom. The molecule has 0 saturated carbocycles. The van der Waals surface area contributed by atoms with Gasteiger partial charge in [0, 0.05) is 13.1 Å². The molecule has 0 amide bonds. The summed E-state index contributed by atoms with van der Waals surface area (Å²) >= 11 is 4.17. The largest absolute Gasteiger partial charge is 0.308 e. The highest BCUT2D eigenvalue weighted by Gasteiger charge is 1.97. The van der Waals surface area contributed by atoms with Crippen LogP contribution in [0.2, 0.25) is 0 Å². The Kier molecular flexibility index (Phi) is 7.12. The molecular formula is C8H20N2S. The van der Waals surface area contributed by atoms with Crippen LogP contribution in [-0.4, -0.2) is 56.3 Å². The van der Waals surface area contributed by atoms with Crippen LogP contribution >= 0.6 is 12.6 Å². The average molecular weight is 176 g/mol. The van der Waals surface area contributed by atoms with Crippen LogP contribution in [0, 0.1) is 0 Å². The first-order valence-electron chi connectivity index (χ1n) is 4.11. The molecular weight excluding hydrogens is 156 g/mol. The van der Waals surface area contributed by atoms with Gasteiger partial charge in [0.15, 0.2) is 0 Å². The van der Waals surface area contributed by atoms with E-state index in [1.165, 1.54) is 6.42 Å². The summed E-state index contributed by atoms with van der Waals surface area (Å²) in [7, 11) is 6.37. The highest BCUT2D eigenvalue weighted by atomic mass is 32.1. The van der Waals surface area contributed by atoms with Crippen LogP contribution in [0.5, 0.6) is 0 Å². The summed E-state index contributed by atoms with van der Waals surface area (Å²) in [5, 5.41) is 0. The Bertz CT molecular complexity index is 86.2. The molecule has 0 aliphatic carbocycles. The number of nitrogens with zero attached hydrogens (tertiary/aromatic N) is 2. The van der Waals surface area contributed by atoms with Crippen molar-refractivity contribution >= 4 is 12.6 Å². The van der Waals surface area contributed by atoms with Crippen molar-refractivity contribution in [3.63, 3.8) is 0 Å². The molecule has 0 heterocycles. The molecule has 0 saturated heterocycles. The van der Waals surface area contributed by atoms with E-state index in [1.54, 1.807) is 0 Å². The van der Waals surface area contributed by atoms with Gasteiger partial charge >= 0.3 is 0 Å². The highest BCUT2D eigenvalue weighted by molar-refractivity contribution is 7.80. The van der Waals surface area contributed by atoms with Crippen molar-refractivity contribution in [3.05, 3.63) is 0 Å². The number of hydrogen-bond acceptors (Lipinski definition) is 3. The molecule has 68 valence electrons. The van der Waals surface area contributed by atoms with Crippen molar-refractivity contribution in [1.82, 2.24) is 9.80 Å². The molecule has 0 bridgehead atoms. The Labute approximate surface area is 76.0 Å². The first-order chi connectivity index (χ1) is 5.16. The Morgan fingerprint density at radius 1 is 1.00 bits per heavy atom. The predicted octanol–water partition coefficient (Wildman–Crippen LogP) is 0.800. The van der Waals surface area contributed by atoms with Crippen molar-refractivity contribution in [1.29, 1.82) is 0 Å². The Balaban J connectivity index is 3.15. The first-order valence-corrected chi connectivity index (χ1v) is 4.74. The number of hydrogen-bond donors (Lipinski definition) is 1. The lowest BCUT2D eigenvalue weighted by Gasteiger charge is -2.18. The summed E-state index contributed by atoms with van der Waals surface area (Å²) in [4.78, 5) is 4.55. The maximum absolute atomic E-state index is 4.17. The summed E-state index contributed by atoms with van der Waals surface area (Å²) in [6.45, 7) is 3.46. The minimum absolute atomic E-state index is 0.992. The fourth-order valence-corrected chi connectivity index (χ4v) is 0.965. The van der Waals surface area contributed by atoms with E-state index in [9.17, 15) is 0 Å². The highest BCUT2D eigenvalue weighted by Crippen LogP contribution is 1.89. The van der Waals surface area contributed by atoms with Gasteiger partial charge in [-0.05, 0) is 39.9 Å². The van der Waals surface area contributed by atoms with Crippen molar-refractivity contribution < 1.29 is 0 Å². The number of rotatable bonds is 6. The van der Waals surface area contributed by atoms with Crippen LogP contribution in [0.4, 0.5) is 0 Å². The second-order valence-corrected chi connectivity index (χ2v) is 3.63. The monoisotopic (exact) mass is 176 g/mol. The molecule has 0 atom stereocenters. The summed E-state index contributed by atoms with van der Waals surface area (Å²) in [6, 6.07) is 0. The Morgan fingerprint density at radius 2 is 1.64 bits per heavy atom. The third-order valence-corrected chi connectivity index (χ3v) is 1.94. The van der Waals surface area contributed by atoms with E-state index >= 15 is 0 Å². The molecule has 11 heavy (non-hydrogen) atoms. The molecule has 0 aliphatic heterocycles. The lowest BCUT2D eigenvalue weighted by molar-refractivity contribution is 0.283. The summed E-state index contributed by atoms with van der Waals surface area (Å²) < 4.78 is 0. The zero-order chi connectivity index (χ0) is 8.69. The fraction of sp³-hybridized carbons (Fsp3) is 1.00. The maximum Gasteiger partial charge on any atom is 0.0106 e. The lowest BCUT2D eigenvalue weighted by Crippen LogP contribution is -2.29. The van der Waals surface area contributed by atoms with Gasteiger partial charge in [-0.2, -0.15) is 12.6 Å². The molecule has 0 aromatic carbocycles. The molecule has 0 N–H and O–H groups in total. The van der Waals surface area contributed by atoms with Crippen molar-refractivity contribution in [3.8, 4) is 0 Å². The van der Waals surface area contributed by atoms with Crippen LogP contribution in [0.1, 0.15) is 6.42 Å². The minimum atomic E-state index is 0.992. The second kappa shape index (κ2) is 6.95. The quantitative estimate of drug-likeness (QED) is 0.598. The van der Waals surface area contributed by atoms with E-state index in [-0.39, 0.29) is 0 Å². The smallest absolute Gasteiger partial charge is 0.0106 e. The minimum Gasteiger partial charge on any atom is -0.308 e. The van der Waals surface area contributed by atoms with Crippen LogP contribution in [0.3, 0.4) is 0 Å². The van der Waals surface area contributed by atoms with Gasteiger partial charge in [-0.25, -0.2) is 0 Å². The van der Waals surface area contributed by atoms with E-state index in [0.717, 1.165) is 25.4 Å². The number of thiol groups is 1. The fourth-order valence-electron chi connectivity index (χ4n) is 0.823. The van der Waals surface area contributed by atoms with E-state index < -0.39 is 0 Å². The van der Waals surface area contributed by atoms with E-state index in [0.29, 0.717) is 0 Å². The SMILES string of the molecule is CN(C)CCN(C)CCCS. The van der Waals surface area contributed by atoms with Crippen LogP contribution in [-0.2, 0) is 0 Å². The van der Waals surface area contributed by atoms with Gasteiger partial charge in [-0.3, -0.25) is 0 Å². The maximum atomic E-state index is 4.17. The third-order valence-electron chi connectivity index (χ3n) is 1.63. The molecule has 2 nitrogen and oxygen atoms in total. The van der Waals surface area contributed by atoms with E-state index in [2.05, 4.69) is 43.6 Å². The van der Waals surface area contributed by atoms with Crippen molar-refractivity contribution in [2.45, 2.75) is 6.42 Å². The first kappa shape index (κ1) is 11.3. The molecule has 0 unspecified atom stereocenters. The molecule has 3 heteroatoms. The number of likely N-dealkylation sites (N-methyl/N-ethyl adjacent to an activating group) is 2. The second-order valence-electron chi connectivity index (χ2n) is 3.18. The summed E-state index contributed by atoms with van der Waals surface area (Å²) in [5.74, 6) is 0.992. The van der Waals surface area contributed by atoms with Crippen molar-refractivity contribution in [2.24, 2.45) is 0 Å². The van der Waals surface area contributed by atoms with Crippen LogP contribution in [0.15, 0.2) is 0 Å². The standard InChI is InChI=1S/C8H20N2S/c1-9(2)6-7-10(3)5-4-8-11/h11H,4-8H2,1-3H3. The molecule has 0 fully saturated rings. The molecule has 0 aromatic rings. The normalized spacial score (nSPS) is 11.5. The van der Waals surface area contributed by atoms with Gasteiger partial charge in [-0.15, -0.1) is 0 Å². The molecule has 0 spiro atoms. The molecule has 0 radical (unpaired) electrons. The molecule has 0 aromatic heterocycles. The predicted molar refractivity (Wildman–Crippen MR) is 54.5 cm³/mol. The summed E-state index contributed by atoms with van der Waals surface area (Å²) in [6.07, 6.45) is 1.19. The van der Waals surface area contributed by atoms with Gasteiger partial charge in [0.2, 0.25) is 0 Å². The third kappa shape index (κ3) is 8.17. The van der Waals surface area contributed by atoms with Crippen LogP contribution < -0.4 is 0 Å². The van der Waals surface area contributed by atoms with Crippen LogP contribution in [0.25, 0.3) is 0 Å². The van der Waals surface area contributed by atoms with Gasteiger partial charge in [0.1, 0.15) is 0 Å². The lowest BCUT2D eigenvalue weighted by atomic mass is 10.4. The molecule has 0 aliphatic rings. The summed E-state index contributed by atoms with van der Waals surface area (Å²) in [5.41, 5.74) is 0. The zero-order valence-electron chi connectivity index (χ0n) is 7.88. The molecule has 0 rings (SSSR count).